The van der Waals surface area contributed by atoms with Crippen LogP contribution in [0.1, 0.15) is 58.3 Å². The summed E-state index contributed by atoms with van der Waals surface area (Å²) in [5.74, 6) is -0.267. The lowest BCUT2D eigenvalue weighted by atomic mass is 9.90. The summed E-state index contributed by atoms with van der Waals surface area (Å²) >= 11 is 0. The first-order valence-corrected chi connectivity index (χ1v) is 10.1. The molecule has 6 atom stereocenters. The zero-order chi connectivity index (χ0) is 19.8. The fourth-order valence-electron chi connectivity index (χ4n) is 3.91. The molecule has 1 aliphatic carbocycles. The number of esters is 1. The molecular weight excluding hydrogens is 354 g/mol. The van der Waals surface area contributed by atoms with Gasteiger partial charge in [0.15, 0.2) is 6.17 Å². The van der Waals surface area contributed by atoms with Gasteiger partial charge in [0.2, 0.25) is 0 Å². The Morgan fingerprint density at radius 1 is 1.41 bits per heavy atom. The van der Waals surface area contributed by atoms with E-state index in [1.807, 2.05) is 6.92 Å². The average molecular weight is 386 g/mol. The van der Waals surface area contributed by atoms with Crippen LogP contribution >= 0.6 is 0 Å². The lowest BCUT2D eigenvalue weighted by molar-refractivity contribution is -0.140. The van der Waals surface area contributed by atoms with Crippen LogP contribution in [0.4, 0.5) is 8.78 Å². The molecule has 1 heterocycles. The minimum atomic E-state index is -1.27. The number of allylic oxidation sites excluding steroid dienone is 3. The third-order valence-electron chi connectivity index (χ3n) is 5.52. The molecule has 1 saturated carbocycles. The highest BCUT2D eigenvalue weighted by atomic mass is 19.1. The van der Waals surface area contributed by atoms with Gasteiger partial charge >= 0.3 is 5.97 Å². The van der Waals surface area contributed by atoms with Gasteiger partial charge in [-0.3, -0.25) is 4.79 Å². The molecule has 0 radical (unpaired) electrons. The summed E-state index contributed by atoms with van der Waals surface area (Å²) in [5.41, 5.74) is 0. The van der Waals surface area contributed by atoms with E-state index in [4.69, 9.17) is 4.74 Å². The lowest BCUT2D eigenvalue weighted by Gasteiger charge is -2.16. The fraction of sp³-hybridized carbons (Fsp3) is 0.762. The molecule has 0 aromatic carbocycles. The van der Waals surface area contributed by atoms with E-state index >= 15 is 0 Å². The first kappa shape index (κ1) is 21.9. The van der Waals surface area contributed by atoms with Gasteiger partial charge in [-0.15, -0.1) is 0 Å². The van der Waals surface area contributed by atoms with E-state index in [1.165, 1.54) is 13.2 Å². The zero-order valence-electron chi connectivity index (χ0n) is 16.3. The van der Waals surface area contributed by atoms with E-state index in [-0.39, 0.29) is 23.9 Å². The SMILES string of the molecule is CCCC[C@@H](F)[C@H](O)/C=C/[C@H]1CC[C@H]2O/C(=C\CCCC(=O)OC)C(F)[C@H]12. The predicted molar refractivity (Wildman–Crippen MR) is 99.5 cm³/mol. The molecule has 0 spiro atoms. The summed E-state index contributed by atoms with van der Waals surface area (Å²) in [7, 11) is 1.35. The Bertz CT molecular complexity index is 534. The van der Waals surface area contributed by atoms with Gasteiger partial charge in [-0.25, -0.2) is 8.78 Å². The monoisotopic (exact) mass is 386 g/mol. The second kappa shape index (κ2) is 10.8. The summed E-state index contributed by atoms with van der Waals surface area (Å²) in [6.45, 7) is 1.98. The van der Waals surface area contributed by atoms with Crippen LogP contribution in [-0.4, -0.2) is 42.7 Å². The van der Waals surface area contributed by atoms with Crippen molar-refractivity contribution in [2.75, 3.05) is 7.11 Å². The molecule has 2 aliphatic rings. The van der Waals surface area contributed by atoms with Crippen LogP contribution in [0.25, 0.3) is 0 Å². The van der Waals surface area contributed by atoms with Gasteiger partial charge in [-0.05, 0) is 44.1 Å². The summed E-state index contributed by atoms with van der Waals surface area (Å²) in [6, 6.07) is 0. The number of carbonyl (C=O) groups is 1. The highest BCUT2D eigenvalue weighted by Gasteiger charge is 2.49. The summed E-state index contributed by atoms with van der Waals surface area (Å²) in [6.07, 6.45) is 6.16. The number of methoxy groups -OCH3 is 1. The molecule has 0 bridgehead atoms. The number of carbonyl (C=O) groups excluding carboxylic acids is 1. The van der Waals surface area contributed by atoms with Crippen molar-refractivity contribution in [2.24, 2.45) is 11.8 Å². The number of alkyl halides is 2. The molecule has 0 aromatic heterocycles. The van der Waals surface area contributed by atoms with Crippen LogP contribution in [-0.2, 0) is 14.3 Å². The maximum Gasteiger partial charge on any atom is 0.305 e. The number of rotatable bonds is 10. The molecule has 27 heavy (non-hydrogen) atoms. The third kappa shape index (κ3) is 6.03. The molecule has 2 rings (SSSR count). The molecular formula is C21H32F2O4. The Kier molecular flexibility index (Phi) is 8.74. The van der Waals surface area contributed by atoms with Crippen molar-refractivity contribution in [1.82, 2.24) is 0 Å². The number of aliphatic hydroxyl groups excluding tert-OH is 1. The van der Waals surface area contributed by atoms with Gasteiger partial charge in [0.1, 0.15) is 24.1 Å². The molecule has 4 nitrogen and oxygen atoms in total. The Labute approximate surface area is 160 Å². The van der Waals surface area contributed by atoms with Crippen molar-refractivity contribution in [2.45, 2.75) is 82.8 Å². The van der Waals surface area contributed by atoms with Gasteiger partial charge in [-0.2, -0.15) is 0 Å². The first-order chi connectivity index (χ1) is 13.0. The average Bonchev–Trinajstić information content (AvgIpc) is 3.21. The molecule has 154 valence electrons. The normalized spacial score (nSPS) is 31.1. The van der Waals surface area contributed by atoms with Crippen LogP contribution in [0.2, 0.25) is 0 Å². The first-order valence-electron chi connectivity index (χ1n) is 10.1. The van der Waals surface area contributed by atoms with Gasteiger partial charge in [0, 0.05) is 12.3 Å². The van der Waals surface area contributed by atoms with Crippen LogP contribution in [0.15, 0.2) is 24.0 Å². The topological polar surface area (TPSA) is 55.8 Å². The van der Waals surface area contributed by atoms with E-state index in [1.54, 1.807) is 12.2 Å². The van der Waals surface area contributed by atoms with Crippen LogP contribution < -0.4 is 0 Å². The van der Waals surface area contributed by atoms with Crippen molar-refractivity contribution in [3.63, 3.8) is 0 Å². The van der Waals surface area contributed by atoms with Crippen LogP contribution in [0, 0.1) is 11.8 Å². The van der Waals surface area contributed by atoms with Crippen LogP contribution in [0.5, 0.6) is 0 Å². The van der Waals surface area contributed by atoms with E-state index in [0.29, 0.717) is 31.4 Å². The van der Waals surface area contributed by atoms with E-state index < -0.39 is 18.4 Å². The third-order valence-corrected chi connectivity index (χ3v) is 5.52. The molecule has 0 aromatic rings. The fourth-order valence-corrected chi connectivity index (χ4v) is 3.91. The lowest BCUT2D eigenvalue weighted by Crippen LogP contribution is -2.22. The second-order valence-corrected chi connectivity index (χ2v) is 7.49. The Balaban J connectivity index is 1.86. The highest BCUT2D eigenvalue weighted by molar-refractivity contribution is 5.69. The predicted octanol–water partition coefficient (Wildman–Crippen LogP) is 4.42. The van der Waals surface area contributed by atoms with Crippen molar-refractivity contribution < 1.29 is 28.2 Å². The smallest absolute Gasteiger partial charge is 0.305 e. The van der Waals surface area contributed by atoms with Gasteiger partial charge in [0.25, 0.3) is 0 Å². The number of fused-ring (bicyclic) bond motifs is 1. The van der Waals surface area contributed by atoms with Crippen molar-refractivity contribution in [3.8, 4) is 0 Å². The molecule has 1 aliphatic heterocycles. The highest BCUT2D eigenvalue weighted by Crippen LogP contribution is 2.47. The molecule has 1 saturated heterocycles. The largest absolute Gasteiger partial charge is 0.492 e. The molecule has 1 N–H and O–H groups in total. The number of hydrogen-bond acceptors (Lipinski definition) is 4. The summed E-state index contributed by atoms with van der Waals surface area (Å²) in [4.78, 5) is 11.1. The molecule has 6 heteroatoms. The summed E-state index contributed by atoms with van der Waals surface area (Å²) in [5, 5.41) is 9.94. The van der Waals surface area contributed by atoms with Gasteiger partial charge < -0.3 is 14.6 Å². The van der Waals surface area contributed by atoms with Crippen molar-refractivity contribution in [1.29, 1.82) is 0 Å². The Morgan fingerprint density at radius 3 is 2.89 bits per heavy atom. The number of halogens is 2. The standard InChI is InChI=1S/C21H32F2O4/c1-3-4-7-15(22)16(24)12-10-14-11-13-17-20(14)21(23)18(27-17)8-5-6-9-19(25)26-2/h8,10,12,14-17,20-21,24H,3-7,9,11,13H2,1-2H3/b12-10+,18-8-/t14-,15+,16+,17+,20+,21?/m0/s1. The van der Waals surface area contributed by atoms with E-state index in [0.717, 1.165) is 25.7 Å². The Hall–Kier alpha value is -1.43. The zero-order valence-corrected chi connectivity index (χ0v) is 16.3. The maximum absolute atomic E-state index is 14.8. The maximum atomic E-state index is 14.8. The number of aliphatic hydroxyl groups is 1. The molecule has 1 unspecified atom stereocenters. The second-order valence-electron chi connectivity index (χ2n) is 7.49. The molecule has 2 fully saturated rings. The minimum absolute atomic E-state index is 0.0565. The number of unbranched alkanes of at least 4 members (excludes halogenated alkanes) is 2. The van der Waals surface area contributed by atoms with Crippen molar-refractivity contribution >= 4 is 5.97 Å². The number of hydrogen-bond donors (Lipinski definition) is 1. The minimum Gasteiger partial charge on any atom is -0.492 e. The number of ether oxygens (including phenoxy) is 2. The van der Waals surface area contributed by atoms with E-state index in [2.05, 4.69) is 4.74 Å². The quantitative estimate of drug-likeness (QED) is 0.343. The van der Waals surface area contributed by atoms with E-state index in [9.17, 15) is 18.7 Å². The van der Waals surface area contributed by atoms with Gasteiger partial charge in [0.05, 0.1) is 7.11 Å². The summed E-state index contributed by atoms with van der Waals surface area (Å²) < 4.78 is 39.1. The van der Waals surface area contributed by atoms with Crippen molar-refractivity contribution in [3.05, 3.63) is 24.0 Å². The Morgan fingerprint density at radius 2 is 2.19 bits per heavy atom. The van der Waals surface area contributed by atoms with Crippen LogP contribution in [0.3, 0.4) is 0 Å². The van der Waals surface area contributed by atoms with Gasteiger partial charge in [-0.1, -0.05) is 31.9 Å². The molecule has 0 amide bonds.